The van der Waals surface area contributed by atoms with Gasteiger partial charge >= 0.3 is 7.11 Å². The Labute approximate surface area is 166 Å². The summed E-state index contributed by atoms with van der Waals surface area (Å²) in [6.07, 6.45) is 3.45. The van der Waals surface area contributed by atoms with Gasteiger partial charge in [0.1, 0.15) is 0 Å². The second-order valence-electron chi connectivity index (χ2n) is 8.23. The zero-order chi connectivity index (χ0) is 20.3. The average molecular weight is 384 g/mol. The van der Waals surface area contributed by atoms with Gasteiger partial charge in [0.15, 0.2) is 0 Å². The first-order chi connectivity index (χ1) is 13.2. The van der Waals surface area contributed by atoms with Gasteiger partial charge in [-0.05, 0) is 47.9 Å². The predicted molar refractivity (Wildman–Crippen MR) is 111 cm³/mol. The fourth-order valence-electron chi connectivity index (χ4n) is 3.36. The summed E-state index contributed by atoms with van der Waals surface area (Å²) >= 11 is 0. The van der Waals surface area contributed by atoms with Crippen molar-refractivity contribution in [3.05, 3.63) is 76.9 Å². The molecule has 2 aromatic carbocycles. The number of rotatable bonds is 6. The maximum Gasteiger partial charge on any atom is 0.995 e. The van der Waals surface area contributed by atoms with E-state index in [0.717, 1.165) is 12.8 Å². The van der Waals surface area contributed by atoms with Gasteiger partial charge in [-0.1, -0.05) is 64.1 Å². The van der Waals surface area contributed by atoms with Gasteiger partial charge in [-0.3, -0.25) is 0 Å². The quantitative estimate of drug-likeness (QED) is 0.426. The molecule has 2 aromatic rings. The molecule has 0 fully saturated rings. The van der Waals surface area contributed by atoms with Gasteiger partial charge in [0.05, 0.1) is 17.4 Å². The van der Waals surface area contributed by atoms with Crippen LogP contribution in [0.1, 0.15) is 54.3 Å². The smallest absolute Gasteiger partial charge is 0.569 e. The van der Waals surface area contributed by atoms with Crippen LogP contribution in [-0.4, -0.2) is 12.9 Å². The largest absolute Gasteiger partial charge is 0.995 e. The molecule has 3 rings (SSSR count). The first kappa shape index (κ1) is 20.3. The van der Waals surface area contributed by atoms with Crippen molar-refractivity contribution >= 4 is 18.6 Å². The van der Waals surface area contributed by atoms with E-state index in [1.807, 2.05) is 48.5 Å². The molecule has 2 nitrogen and oxygen atoms in total. The molecule has 0 spiro atoms. The van der Waals surface area contributed by atoms with Crippen LogP contribution in [0.2, 0.25) is 0 Å². The Bertz CT molecular complexity index is 866. The zero-order valence-corrected chi connectivity index (χ0v) is 16.9. The van der Waals surface area contributed by atoms with E-state index in [1.54, 1.807) is 6.08 Å². The minimum Gasteiger partial charge on any atom is -0.569 e. The maximum absolute atomic E-state index is 14.1. The fourth-order valence-corrected chi connectivity index (χ4v) is 3.36. The average Bonchev–Trinajstić information content (AvgIpc) is 2.60. The third kappa shape index (κ3) is 5.31. The molecule has 0 aromatic heterocycles. The topological polar surface area (TPSA) is 20.5 Å². The van der Waals surface area contributed by atoms with Crippen molar-refractivity contribution in [2.45, 2.75) is 40.5 Å². The summed E-state index contributed by atoms with van der Waals surface area (Å²) in [7, 11) is -4.41. The lowest BCUT2D eigenvalue weighted by atomic mass is 9.98. The van der Waals surface area contributed by atoms with E-state index in [1.165, 1.54) is 11.1 Å². The maximum atomic E-state index is 14.1. The van der Waals surface area contributed by atoms with Gasteiger partial charge in [-0.2, -0.15) is 0 Å². The molecule has 1 heterocycles. The summed E-state index contributed by atoms with van der Waals surface area (Å²) in [5, 5.41) is 0. The predicted octanol–water partition coefficient (Wildman–Crippen LogP) is 6.25. The van der Waals surface area contributed by atoms with Crippen LogP contribution in [0.15, 0.2) is 54.6 Å². The van der Waals surface area contributed by atoms with Crippen molar-refractivity contribution < 1.29 is 17.6 Å². The highest BCUT2D eigenvalue weighted by molar-refractivity contribution is 6.52. The number of hydrogen-bond acceptors (Lipinski definition) is 1. The second kappa shape index (κ2) is 8.30. The lowest BCUT2D eigenvalue weighted by Crippen LogP contribution is -2.31. The highest BCUT2D eigenvalue weighted by Crippen LogP contribution is 2.29. The van der Waals surface area contributed by atoms with Crippen LogP contribution in [-0.2, 0) is 17.5 Å². The Kier molecular flexibility index (Phi) is 6.02. The number of carbonyl (C=O) groups excluding carboxylic acids is 1. The number of halogens is 2. The van der Waals surface area contributed by atoms with E-state index in [0.29, 0.717) is 23.0 Å². The third-order valence-corrected chi connectivity index (χ3v) is 4.56. The molecular weight excluding hydrogens is 357 g/mol. The number of benzene rings is 2. The molecule has 0 radical (unpaired) electrons. The van der Waals surface area contributed by atoms with E-state index in [2.05, 4.69) is 27.7 Å². The molecule has 0 amide bonds. The van der Waals surface area contributed by atoms with Crippen molar-refractivity contribution in [3.63, 3.8) is 0 Å². The Morgan fingerprint density at radius 3 is 1.71 bits per heavy atom. The molecule has 0 atom stereocenters. The Morgan fingerprint density at radius 2 is 1.25 bits per heavy atom. The van der Waals surface area contributed by atoms with Crippen LogP contribution in [0.4, 0.5) is 8.63 Å². The summed E-state index contributed by atoms with van der Waals surface area (Å²) in [4.78, 5) is 0. The van der Waals surface area contributed by atoms with Gasteiger partial charge in [-0.15, -0.1) is 0 Å². The minimum absolute atomic E-state index is 0.133. The van der Waals surface area contributed by atoms with E-state index in [4.69, 9.17) is 9.00 Å². The van der Waals surface area contributed by atoms with Crippen LogP contribution in [0.25, 0.3) is 5.76 Å². The summed E-state index contributed by atoms with van der Waals surface area (Å²) in [5.41, 5.74) is 3.58. The Hall–Kier alpha value is -2.43. The Balaban J connectivity index is 1.87. The fraction of sp³-hybridized carbons (Fsp3) is 0.348. The molecule has 0 saturated carbocycles. The number of allylic oxidation sites excluding steroid dienone is 1. The van der Waals surface area contributed by atoms with Gasteiger partial charge in [-0.25, -0.2) is 0 Å². The lowest BCUT2D eigenvalue weighted by Gasteiger charge is -2.20. The van der Waals surface area contributed by atoms with Crippen molar-refractivity contribution in [1.29, 1.82) is 0 Å². The van der Waals surface area contributed by atoms with E-state index in [-0.39, 0.29) is 11.5 Å². The first-order valence-electron chi connectivity index (χ1n) is 9.87. The minimum atomic E-state index is -4.41. The van der Waals surface area contributed by atoms with Gasteiger partial charge in [0.2, 0.25) is 0 Å². The van der Waals surface area contributed by atoms with Crippen LogP contribution in [0.5, 0.6) is 0 Å². The zero-order valence-electron chi connectivity index (χ0n) is 16.9. The molecule has 0 bridgehead atoms. The first-order valence-corrected chi connectivity index (χ1v) is 9.87. The van der Waals surface area contributed by atoms with Crippen molar-refractivity contribution in [1.82, 2.24) is 0 Å². The second-order valence-corrected chi connectivity index (χ2v) is 8.23. The Morgan fingerprint density at radius 1 is 0.786 bits per heavy atom. The van der Waals surface area contributed by atoms with Crippen LogP contribution in [0.3, 0.4) is 0 Å². The molecule has 1 aliphatic rings. The molecule has 1 aliphatic heterocycles. The molecule has 0 aliphatic carbocycles. The molecule has 0 saturated heterocycles. The monoisotopic (exact) mass is 384 g/mol. The number of ketones is 1. The van der Waals surface area contributed by atoms with Gasteiger partial charge in [0.25, 0.3) is 5.78 Å². The van der Waals surface area contributed by atoms with E-state index in [9.17, 15) is 8.63 Å². The highest BCUT2D eigenvalue weighted by Gasteiger charge is 2.53. The molecule has 28 heavy (non-hydrogen) atoms. The molecule has 5 heteroatoms. The van der Waals surface area contributed by atoms with Crippen LogP contribution in [0, 0.1) is 11.8 Å². The van der Waals surface area contributed by atoms with E-state index >= 15 is 0 Å². The lowest BCUT2D eigenvalue weighted by molar-refractivity contribution is -0.183. The van der Waals surface area contributed by atoms with Crippen molar-refractivity contribution in [2.75, 3.05) is 0 Å². The SMILES string of the molecule is CC(C)Cc1ccc(C2=CC(c3ccc(CC(C)C)cc3)=[O+][B-](F)(F)O2)cc1. The molecule has 148 valence electrons. The normalized spacial score (nSPS) is 16.0. The van der Waals surface area contributed by atoms with Gasteiger partial charge in [0, 0.05) is 5.56 Å². The summed E-state index contributed by atoms with van der Waals surface area (Å²) in [5.74, 6) is 1.34. The highest BCUT2D eigenvalue weighted by atomic mass is 19.3. The summed E-state index contributed by atoms with van der Waals surface area (Å²) in [6.45, 7) is 8.59. The van der Waals surface area contributed by atoms with E-state index < -0.39 is 7.11 Å². The summed E-state index contributed by atoms with van der Waals surface area (Å²) < 4.78 is 38.0. The van der Waals surface area contributed by atoms with Crippen LogP contribution >= 0.6 is 0 Å². The third-order valence-electron chi connectivity index (χ3n) is 4.56. The molecular formula is C23H27BF2O2. The van der Waals surface area contributed by atoms with Crippen LogP contribution < -0.4 is 0 Å². The van der Waals surface area contributed by atoms with Crippen molar-refractivity contribution in [3.8, 4) is 0 Å². The van der Waals surface area contributed by atoms with Gasteiger partial charge < -0.3 is 17.6 Å². The summed E-state index contributed by atoms with van der Waals surface area (Å²) in [6, 6.07) is 15.1. The van der Waals surface area contributed by atoms with Crippen molar-refractivity contribution in [2.24, 2.45) is 11.8 Å². The number of hydrogen-bond donors (Lipinski definition) is 0. The molecule has 0 unspecified atom stereocenters. The molecule has 0 N–H and O–H groups in total. The standard InChI is InChI=1S/C23H27BF2O2/c1-16(2)13-18-5-9-20(10-6-18)22-15-23(28-24(25,26)27-22)21-11-7-19(8-12-21)14-17(3)4/h5-12,15-17H,13-14H2,1-4H3.